The van der Waals surface area contributed by atoms with Gasteiger partial charge in [0.2, 0.25) is 0 Å². The SMILES string of the molecule is COc1cc(OC)cc(N(CCCN2CCCO2)c2ccc3ccc(-c4cnn(C)c4)cc3c2)c1. The van der Waals surface area contributed by atoms with Crippen LogP contribution < -0.4 is 14.4 Å². The molecule has 0 atom stereocenters. The first kappa shape index (κ1) is 23.2. The summed E-state index contributed by atoms with van der Waals surface area (Å²) in [6.07, 6.45) is 6.01. The highest BCUT2D eigenvalue weighted by molar-refractivity contribution is 5.90. The predicted molar refractivity (Wildman–Crippen MR) is 139 cm³/mol. The fraction of sp³-hybridized carbons (Fsp3) is 0.321. The fourth-order valence-corrected chi connectivity index (χ4v) is 4.59. The van der Waals surface area contributed by atoms with Gasteiger partial charge in [0, 0.05) is 68.0 Å². The Morgan fingerprint density at radius 2 is 1.71 bits per heavy atom. The molecule has 0 spiro atoms. The number of hydrogen-bond acceptors (Lipinski definition) is 6. The number of benzene rings is 3. The number of aryl methyl sites for hydroxylation is 1. The molecule has 1 aliphatic heterocycles. The molecule has 1 aliphatic rings. The Morgan fingerprint density at radius 3 is 2.40 bits per heavy atom. The second kappa shape index (κ2) is 10.4. The molecule has 0 bridgehead atoms. The van der Waals surface area contributed by atoms with Gasteiger partial charge in [0.1, 0.15) is 11.5 Å². The van der Waals surface area contributed by atoms with Gasteiger partial charge < -0.3 is 14.4 Å². The van der Waals surface area contributed by atoms with Gasteiger partial charge in [-0.2, -0.15) is 10.2 Å². The molecule has 3 aromatic carbocycles. The van der Waals surface area contributed by atoms with Gasteiger partial charge in [0.05, 0.1) is 27.0 Å². The van der Waals surface area contributed by atoms with Crippen molar-refractivity contribution in [2.24, 2.45) is 7.05 Å². The molecule has 7 heteroatoms. The summed E-state index contributed by atoms with van der Waals surface area (Å²) in [6.45, 7) is 3.56. The van der Waals surface area contributed by atoms with Gasteiger partial charge in [-0.25, -0.2) is 0 Å². The second-order valence-corrected chi connectivity index (χ2v) is 8.84. The van der Waals surface area contributed by atoms with Gasteiger partial charge in [-0.1, -0.05) is 18.2 Å². The van der Waals surface area contributed by atoms with E-state index < -0.39 is 0 Å². The molecule has 0 unspecified atom stereocenters. The van der Waals surface area contributed by atoms with Crippen LogP contribution in [0.3, 0.4) is 0 Å². The Labute approximate surface area is 206 Å². The summed E-state index contributed by atoms with van der Waals surface area (Å²) in [5.74, 6) is 1.54. The number of anilines is 2. The number of methoxy groups -OCH3 is 2. The van der Waals surface area contributed by atoms with Crippen LogP contribution in [0.4, 0.5) is 11.4 Å². The Balaban J connectivity index is 1.50. The number of nitrogens with zero attached hydrogens (tertiary/aromatic N) is 4. The maximum absolute atomic E-state index is 5.70. The summed E-state index contributed by atoms with van der Waals surface area (Å²) in [6, 6.07) is 19.2. The summed E-state index contributed by atoms with van der Waals surface area (Å²) in [5, 5.41) is 8.79. The lowest BCUT2D eigenvalue weighted by molar-refractivity contribution is -0.109. The zero-order chi connectivity index (χ0) is 24.2. The van der Waals surface area contributed by atoms with Crippen LogP contribution in [0, 0.1) is 0 Å². The molecule has 1 fully saturated rings. The van der Waals surface area contributed by atoms with Crippen LogP contribution in [-0.2, 0) is 11.9 Å². The summed E-state index contributed by atoms with van der Waals surface area (Å²) < 4.78 is 13.0. The lowest BCUT2D eigenvalue weighted by atomic mass is 10.0. The lowest BCUT2D eigenvalue weighted by Gasteiger charge is -2.27. The van der Waals surface area contributed by atoms with E-state index in [4.69, 9.17) is 14.3 Å². The molecular weight excluding hydrogens is 440 g/mol. The van der Waals surface area contributed by atoms with Gasteiger partial charge in [-0.05, 0) is 47.4 Å². The molecule has 4 aromatic rings. The van der Waals surface area contributed by atoms with Crippen molar-refractivity contribution in [3.63, 3.8) is 0 Å². The standard InChI is InChI=1S/C28H32N4O3/c1-30-20-24(19-29-30)22-7-6-21-8-9-25(15-23(21)14-22)32(12-4-10-31-11-5-13-35-31)26-16-27(33-2)18-28(17-26)34-3/h6-9,14-20H,4-5,10-13H2,1-3H3. The number of hydrogen-bond donors (Lipinski definition) is 0. The van der Waals surface area contributed by atoms with Crippen molar-refractivity contribution in [2.45, 2.75) is 12.8 Å². The van der Waals surface area contributed by atoms with E-state index in [9.17, 15) is 0 Å². The van der Waals surface area contributed by atoms with Crippen molar-refractivity contribution in [3.8, 4) is 22.6 Å². The quantitative estimate of drug-likeness (QED) is 0.324. The van der Waals surface area contributed by atoms with Gasteiger partial charge >= 0.3 is 0 Å². The molecule has 0 amide bonds. The number of rotatable bonds is 9. The smallest absolute Gasteiger partial charge is 0.124 e. The summed E-state index contributed by atoms with van der Waals surface area (Å²) in [7, 11) is 5.31. The van der Waals surface area contributed by atoms with Crippen molar-refractivity contribution in [2.75, 3.05) is 45.4 Å². The van der Waals surface area contributed by atoms with Crippen LogP contribution in [0.25, 0.3) is 21.9 Å². The summed E-state index contributed by atoms with van der Waals surface area (Å²) in [5.41, 5.74) is 4.42. The molecule has 0 N–H and O–H groups in total. The number of fused-ring (bicyclic) bond motifs is 1. The number of ether oxygens (including phenoxy) is 2. The van der Waals surface area contributed by atoms with Crippen molar-refractivity contribution in [1.29, 1.82) is 0 Å². The third kappa shape index (κ3) is 5.26. The van der Waals surface area contributed by atoms with Crippen molar-refractivity contribution < 1.29 is 14.3 Å². The third-order valence-electron chi connectivity index (χ3n) is 6.44. The topological polar surface area (TPSA) is 52.0 Å². The molecule has 1 aromatic heterocycles. The first-order valence-corrected chi connectivity index (χ1v) is 12.0. The Bertz CT molecular complexity index is 1270. The van der Waals surface area contributed by atoms with Crippen molar-refractivity contribution in [1.82, 2.24) is 14.8 Å². The third-order valence-corrected chi connectivity index (χ3v) is 6.44. The van der Waals surface area contributed by atoms with Crippen LogP contribution >= 0.6 is 0 Å². The number of hydroxylamine groups is 2. The van der Waals surface area contributed by atoms with E-state index in [0.717, 1.165) is 73.1 Å². The molecule has 7 nitrogen and oxygen atoms in total. The highest BCUT2D eigenvalue weighted by atomic mass is 16.7. The zero-order valence-electron chi connectivity index (χ0n) is 20.6. The van der Waals surface area contributed by atoms with Gasteiger partial charge in [-0.15, -0.1) is 0 Å². The van der Waals surface area contributed by atoms with Crippen LogP contribution in [0.2, 0.25) is 0 Å². The second-order valence-electron chi connectivity index (χ2n) is 8.84. The van der Waals surface area contributed by atoms with Crippen LogP contribution in [0.15, 0.2) is 67.0 Å². The van der Waals surface area contributed by atoms with Crippen LogP contribution in [-0.4, -0.2) is 55.3 Å². The van der Waals surface area contributed by atoms with Crippen LogP contribution in [0.5, 0.6) is 11.5 Å². The molecule has 0 saturated carbocycles. The summed E-state index contributed by atoms with van der Waals surface area (Å²) in [4.78, 5) is 8.03. The van der Waals surface area contributed by atoms with Crippen molar-refractivity contribution in [3.05, 3.63) is 67.0 Å². The number of aromatic nitrogens is 2. The monoisotopic (exact) mass is 472 g/mol. The Hall–Kier alpha value is -3.55. The minimum atomic E-state index is 0.770. The molecule has 0 aliphatic carbocycles. The average Bonchev–Trinajstić information content (AvgIpc) is 3.57. The molecule has 5 rings (SSSR count). The Morgan fingerprint density at radius 1 is 0.914 bits per heavy atom. The molecule has 2 heterocycles. The van der Waals surface area contributed by atoms with Gasteiger partial charge in [0.25, 0.3) is 0 Å². The van der Waals surface area contributed by atoms with E-state index in [1.165, 1.54) is 10.8 Å². The molecular formula is C28H32N4O3. The maximum Gasteiger partial charge on any atom is 0.124 e. The maximum atomic E-state index is 5.70. The van der Waals surface area contributed by atoms with E-state index >= 15 is 0 Å². The fourth-order valence-electron chi connectivity index (χ4n) is 4.59. The van der Waals surface area contributed by atoms with Crippen molar-refractivity contribution >= 4 is 22.1 Å². The van der Waals surface area contributed by atoms with E-state index in [0.29, 0.717) is 0 Å². The van der Waals surface area contributed by atoms with Gasteiger partial charge in [-0.3, -0.25) is 9.52 Å². The first-order valence-electron chi connectivity index (χ1n) is 12.0. The highest BCUT2D eigenvalue weighted by Crippen LogP contribution is 2.35. The lowest BCUT2D eigenvalue weighted by Crippen LogP contribution is -2.25. The van der Waals surface area contributed by atoms with Crippen LogP contribution in [0.1, 0.15) is 12.8 Å². The normalized spacial score (nSPS) is 13.9. The Kier molecular flexibility index (Phi) is 6.88. The molecule has 182 valence electrons. The average molecular weight is 473 g/mol. The zero-order valence-corrected chi connectivity index (χ0v) is 20.6. The minimum Gasteiger partial charge on any atom is -0.497 e. The van der Waals surface area contributed by atoms with E-state index in [2.05, 4.69) is 63.6 Å². The molecule has 0 radical (unpaired) electrons. The summed E-state index contributed by atoms with van der Waals surface area (Å²) >= 11 is 0. The molecule has 35 heavy (non-hydrogen) atoms. The van der Waals surface area contributed by atoms with E-state index in [1.807, 2.05) is 30.2 Å². The minimum absolute atomic E-state index is 0.770. The predicted octanol–water partition coefficient (Wildman–Crippen LogP) is 5.42. The largest absolute Gasteiger partial charge is 0.497 e. The van der Waals surface area contributed by atoms with Gasteiger partial charge in [0.15, 0.2) is 0 Å². The van der Waals surface area contributed by atoms with E-state index in [1.54, 1.807) is 14.2 Å². The molecule has 1 saturated heterocycles. The first-order chi connectivity index (χ1) is 17.1. The highest BCUT2D eigenvalue weighted by Gasteiger charge is 2.16. The van der Waals surface area contributed by atoms with E-state index in [-0.39, 0.29) is 0 Å².